The number of anilines is 1. The number of hydrogen-bond acceptors (Lipinski definition) is 5. The van der Waals surface area contributed by atoms with Crippen molar-refractivity contribution in [1.82, 2.24) is 19.7 Å². The molecule has 2 aliphatic heterocycles. The number of nitrogens with zero attached hydrogens (tertiary/aromatic N) is 4. The van der Waals surface area contributed by atoms with E-state index >= 15 is 0 Å². The second-order valence-corrected chi connectivity index (χ2v) is 8.98. The molecule has 0 bridgehead atoms. The number of carbonyl (C=O) groups is 2. The molecule has 3 aromatic rings. The fraction of sp³-hybridized carbons (Fsp3) is 0.417. The van der Waals surface area contributed by atoms with E-state index in [1.165, 1.54) is 12.7 Å². The molecule has 2 aliphatic rings. The summed E-state index contributed by atoms with van der Waals surface area (Å²) in [6.07, 6.45) is 8.08. The molecular formula is C24H26ClN5O3. The van der Waals surface area contributed by atoms with E-state index < -0.39 is 6.04 Å². The Morgan fingerprint density at radius 1 is 1.06 bits per heavy atom. The lowest BCUT2D eigenvalue weighted by atomic mass is 10.0. The van der Waals surface area contributed by atoms with Gasteiger partial charge in [0.15, 0.2) is 11.6 Å². The minimum absolute atomic E-state index is 0.219. The zero-order valence-corrected chi connectivity index (χ0v) is 19.1. The highest BCUT2D eigenvalue weighted by Gasteiger charge is 2.34. The van der Waals surface area contributed by atoms with Gasteiger partial charge in [0.2, 0.25) is 5.91 Å². The number of aryl methyl sites for hydroxylation is 1. The van der Waals surface area contributed by atoms with E-state index in [0.29, 0.717) is 23.7 Å². The standard InChI is InChI=1S/C24H26ClN5O3/c25-18-11-10-16(15-17(18)22-28-27-21-9-2-1-4-13-30(21)22)26-23(31)19-7-3-5-12-29(19)24(32)20-8-6-14-33-20/h6,8,10-11,14-15,19H,1-5,7,9,12-13H2,(H,26,31). The Morgan fingerprint density at radius 2 is 1.94 bits per heavy atom. The Balaban J connectivity index is 1.38. The zero-order valence-electron chi connectivity index (χ0n) is 18.3. The van der Waals surface area contributed by atoms with Crippen molar-refractivity contribution in [2.45, 2.75) is 57.5 Å². The number of fused-ring (bicyclic) bond motifs is 1. The largest absolute Gasteiger partial charge is 0.459 e. The van der Waals surface area contributed by atoms with Crippen molar-refractivity contribution in [3.8, 4) is 11.4 Å². The van der Waals surface area contributed by atoms with Crippen molar-refractivity contribution in [3.05, 3.63) is 53.2 Å². The number of halogens is 1. The van der Waals surface area contributed by atoms with Crippen molar-refractivity contribution in [2.24, 2.45) is 0 Å². The van der Waals surface area contributed by atoms with E-state index in [0.717, 1.165) is 55.9 Å². The first-order valence-electron chi connectivity index (χ1n) is 11.5. The monoisotopic (exact) mass is 467 g/mol. The minimum Gasteiger partial charge on any atom is -0.459 e. The third-order valence-corrected chi connectivity index (χ3v) is 6.71. The van der Waals surface area contributed by atoms with Crippen LogP contribution in [0.25, 0.3) is 11.4 Å². The van der Waals surface area contributed by atoms with E-state index in [-0.39, 0.29) is 17.6 Å². The van der Waals surface area contributed by atoms with Crippen molar-refractivity contribution in [1.29, 1.82) is 0 Å². The molecule has 1 aromatic carbocycles. The van der Waals surface area contributed by atoms with Crippen LogP contribution in [-0.2, 0) is 17.8 Å². The van der Waals surface area contributed by atoms with Gasteiger partial charge < -0.3 is 19.2 Å². The second-order valence-electron chi connectivity index (χ2n) is 8.57. The molecular weight excluding hydrogens is 442 g/mol. The highest BCUT2D eigenvalue weighted by molar-refractivity contribution is 6.33. The third kappa shape index (κ3) is 4.39. The summed E-state index contributed by atoms with van der Waals surface area (Å²) in [5.74, 6) is 1.46. The van der Waals surface area contributed by atoms with Crippen LogP contribution >= 0.6 is 11.6 Å². The second kappa shape index (κ2) is 9.39. The molecule has 33 heavy (non-hydrogen) atoms. The number of hydrogen-bond donors (Lipinski definition) is 1. The molecule has 0 spiro atoms. The molecule has 9 heteroatoms. The van der Waals surface area contributed by atoms with Gasteiger partial charge in [-0.1, -0.05) is 18.0 Å². The summed E-state index contributed by atoms with van der Waals surface area (Å²) in [7, 11) is 0. The molecule has 0 radical (unpaired) electrons. The normalized spacial score (nSPS) is 18.5. The molecule has 172 valence electrons. The summed E-state index contributed by atoms with van der Waals surface area (Å²) in [4.78, 5) is 27.7. The lowest BCUT2D eigenvalue weighted by Gasteiger charge is -2.34. The van der Waals surface area contributed by atoms with Gasteiger partial charge in [0.05, 0.1) is 11.3 Å². The summed E-state index contributed by atoms with van der Waals surface area (Å²) in [5, 5.41) is 12.3. The molecule has 1 atom stereocenters. The molecule has 8 nitrogen and oxygen atoms in total. The van der Waals surface area contributed by atoms with Crippen molar-refractivity contribution in [2.75, 3.05) is 11.9 Å². The molecule has 2 aromatic heterocycles. The van der Waals surface area contributed by atoms with Gasteiger partial charge in [-0.3, -0.25) is 9.59 Å². The topological polar surface area (TPSA) is 93.3 Å². The first-order chi connectivity index (χ1) is 16.1. The van der Waals surface area contributed by atoms with Crippen molar-refractivity contribution < 1.29 is 14.0 Å². The van der Waals surface area contributed by atoms with E-state index in [1.54, 1.807) is 29.2 Å². The highest BCUT2D eigenvalue weighted by Crippen LogP contribution is 2.32. The van der Waals surface area contributed by atoms with Gasteiger partial charge in [-0.05, 0) is 62.4 Å². The number of rotatable bonds is 4. The van der Waals surface area contributed by atoms with Gasteiger partial charge in [0.25, 0.3) is 5.91 Å². The first kappa shape index (κ1) is 21.7. The van der Waals surface area contributed by atoms with Gasteiger partial charge in [0, 0.05) is 30.8 Å². The number of nitrogens with one attached hydrogen (secondary N) is 1. The minimum atomic E-state index is -0.556. The molecule has 2 amide bonds. The summed E-state index contributed by atoms with van der Waals surface area (Å²) in [6.45, 7) is 1.38. The summed E-state index contributed by atoms with van der Waals surface area (Å²) < 4.78 is 7.40. The molecule has 1 N–H and O–H groups in total. The molecule has 5 rings (SSSR count). The maximum absolute atomic E-state index is 13.2. The predicted octanol–water partition coefficient (Wildman–Crippen LogP) is 4.55. The van der Waals surface area contributed by atoms with Crippen LogP contribution in [0, 0.1) is 0 Å². The van der Waals surface area contributed by atoms with Crippen LogP contribution in [0.3, 0.4) is 0 Å². The van der Waals surface area contributed by atoms with Crippen molar-refractivity contribution >= 4 is 29.1 Å². The van der Waals surface area contributed by atoms with Crippen LogP contribution in [0.5, 0.6) is 0 Å². The first-order valence-corrected chi connectivity index (χ1v) is 11.9. The van der Waals surface area contributed by atoms with Crippen LogP contribution in [-0.4, -0.2) is 44.1 Å². The summed E-state index contributed by atoms with van der Waals surface area (Å²) in [5.41, 5.74) is 1.35. The summed E-state index contributed by atoms with van der Waals surface area (Å²) >= 11 is 6.52. The van der Waals surface area contributed by atoms with Crippen LogP contribution in [0.1, 0.15) is 54.9 Å². The maximum atomic E-state index is 13.2. The number of piperidine rings is 1. The van der Waals surface area contributed by atoms with E-state index in [4.69, 9.17) is 16.0 Å². The quantitative estimate of drug-likeness (QED) is 0.607. The Bertz CT molecular complexity index is 1160. The number of aromatic nitrogens is 3. The van der Waals surface area contributed by atoms with Gasteiger partial charge >= 0.3 is 0 Å². The number of likely N-dealkylation sites (tertiary alicyclic amines) is 1. The molecule has 0 aliphatic carbocycles. The Morgan fingerprint density at radius 3 is 2.79 bits per heavy atom. The Kier molecular flexibility index (Phi) is 6.17. The van der Waals surface area contributed by atoms with Gasteiger partial charge in [-0.15, -0.1) is 10.2 Å². The van der Waals surface area contributed by atoms with Crippen LogP contribution in [0.15, 0.2) is 41.0 Å². The smallest absolute Gasteiger partial charge is 0.290 e. The highest BCUT2D eigenvalue weighted by atomic mass is 35.5. The number of benzene rings is 1. The fourth-order valence-electron chi connectivity index (χ4n) is 4.67. The lowest BCUT2D eigenvalue weighted by molar-refractivity contribution is -0.121. The average molecular weight is 468 g/mol. The Labute approximate surface area is 196 Å². The summed E-state index contributed by atoms with van der Waals surface area (Å²) in [6, 6.07) is 8.11. The van der Waals surface area contributed by atoms with Crippen LogP contribution in [0.2, 0.25) is 5.02 Å². The molecule has 0 saturated carbocycles. The van der Waals surface area contributed by atoms with E-state index in [9.17, 15) is 9.59 Å². The average Bonchev–Trinajstić information content (AvgIpc) is 3.45. The number of carbonyl (C=O) groups excluding carboxylic acids is 2. The van der Waals surface area contributed by atoms with E-state index in [2.05, 4.69) is 20.1 Å². The van der Waals surface area contributed by atoms with Crippen LogP contribution in [0.4, 0.5) is 5.69 Å². The fourth-order valence-corrected chi connectivity index (χ4v) is 4.88. The van der Waals surface area contributed by atoms with Gasteiger partial charge in [0.1, 0.15) is 11.9 Å². The van der Waals surface area contributed by atoms with Crippen molar-refractivity contribution in [3.63, 3.8) is 0 Å². The maximum Gasteiger partial charge on any atom is 0.290 e. The third-order valence-electron chi connectivity index (χ3n) is 6.38. The SMILES string of the molecule is O=C(Nc1ccc(Cl)c(-c2nnc3n2CCCCC3)c1)C1CCCCN1C(=O)c1ccco1. The number of furan rings is 1. The van der Waals surface area contributed by atoms with Crippen LogP contribution < -0.4 is 5.32 Å². The zero-order chi connectivity index (χ0) is 22.8. The van der Waals surface area contributed by atoms with Gasteiger partial charge in [-0.2, -0.15) is 0 Å². The van der Waals surface area contributed by atoms with Gasteiger partial charge in [-0.25, -0.2) is 0 Å². The molecule has 1 fully saturated rings. The van der Waals surface area contributed by atoms with E-state index in [1.807, 2.05) is 6.07 Å². The molecule has 1 saturated heterocycles. The Hall–Kier alpha value is -3.13. The molecule has 1 unspecified atom stereocenters. The predicted molar refractivity (Wildman–Crippen MR) is 124 cm³/mol. The lowest BCUT2D eigenvalue weighted by Crippen LogP contribution is -2.49. The molecule has 4 heterocycles. The number of amides is 2.